The lowest BCUT2D eigenvalue weighted by Crippen LogP contribution is -1.97. The van der Waals surface area contributed by atoms with Gasteiger partial charge in [-0.3, -0.25) is 4.79 Å². The molecule has 0 radical (unpaired) electrons. The molecule has 1 atom stereocenters. The molecule has 0 spiro atoms. The van der Waals surface area contributed by atoms with Crippen LogP contribution >= 0.6 is 33.2 Å². The summed E-state index contributed by atoms with van der Waals surface area (Å²) >= 11 is 5.22. The minimum Gasteiger partial charge on any atom is -0.281 e. The number of carbonyl (C=O) groups is 1. The smallest absolute Gasteiger partial charge is 0.221 e. The van der Waals surface area contributed by atoms with Crippen molar-refractivity contribution in [1.82, 2.24) is 0 Å². The van der Waals surface area contributed by atoms with E-state index >= 15 is 0 Å². The van der Waals surface area contributed by atoms with E-state index in [-0.39, 0.29) is 5.24 Å². The number of hydrogen-bond acceptors (Lipinski definition) is 3. The first-order valence-corrected chi connectivity index (χ1v) is 7.01. The van der Waals surface area contributed by atoms with Crippen molar-refractivity contribution in [2.75, 3.05) is 5.75 Å². The van der Waals surface area contributed by atoms with Crippen LogP contribution in [-0.2, 0) is 4.79 Å². The highest BCUT2D eigenvalue weighted by Gasteiger charge is 2.15. The molecule has 12 heavy (non-hydrogen) atoms. The molecular weight excluding hydrogens is 212 g/mol. The van der Waals surface area contributed by atoms with E-state index in [0.29, 0.717) is 6.42 Å². The average Bonchev–Trinajstić information content (AvgIpc) is 2.49. The molecule has 0 aromatic carbocycles. The minimum atomic E-state index is -0.191. The second-order valence-corrected chi connectivity index (χ2v) is 6.14. The summed E-state index contributed by atoms with van der Waals surface area (Å²) in [6.07, 6.45) is 5.25. The molecule has 1 heterocycles. The Morgan fingerprint density at radius 1 is 1.50 bits per heavy atom. The Morgan fingerprint density at radius 3 is 2.92 bits per heavy atom. The number of hydrogen-bond donors (Lipinski definition) is 0. The first-order chi connectivity index (χ1) is 5.79. The number of carbonyl (C=O) groups excluding carboxylic acids is 1. The van der Waals surface area contributed by atoms with Gasteiger partial charge in [-0.1, -0.05) is 28.0 Å². The maximum atomic E-state index is 10.4. The highest BCUT2D eigenvalue weighted by Crippen LogP contribution is 2.39. The van der Waals surface area contributed by atoms with Crippen LogP contribution in [-0.4, -0.2) is 16.2 Å². The van der Waals surface area contributed by atoms with Crippen LogP contribution in [0.25, 0.3) is 0 Å². The average molecular weight is 225 g/mol. The second kappa shape index (κ2) is 6.17. The molecule has 1 aliphatic heterocycles. The number of rotatable bonds is 5. The fraction of sp³-hybridized carbons (Fsp3) is 0.875. The Bertz CT molecular complexity index is 146. The van der Waals surface area contributed by atoms with Crippen molar-refractivity contribution in [3.8, 4) is 0 Å². The summed E-state index contributed by atoms with van der Waals surface area (Å²) < 4.78 is 0. The lowest BCUT2D eigenvalue weighted by molar-refractivity contribution is -0.111. The predicted molar refractivity (Wildman–Crippen MR) is 57.8 cm³/mol. The van der Waals surface area contributed by atoms with Crippen LogP contribution in [0, 0.1) is 0 Å². The lowest BCUT2D eigenvalue weighted by atomic mass is 10.1. The summed E-state index contributed by atoms with van der Waals surface area (Å²) in [6.45, 7) is 0. The van der Waals surface area contributed by atoms with Gasteiger partial charge in [0, 0.05) is 17.4 Å². The van der Waals surface area contributed by atoms with Crippen molar-refractivity contribution < 1.29 is 4.79 Å². The monoisotopic (exact) mass is 224 g/mol. The van der Waals surface area contributed by atoms with E-state index in [1.807, 2.05) is 21.6 Å². The SMILES string of the molecule is O=C(Cl)CCCCC1CCSS1. The third kappa shape index (κ3) is 4.63. The van der Waals surface area contributed by atoms with Crippen LogP contribution in [0.2, 0.25) is 0 Å². The minimum absolute atomic E-state index is 0.191. The summed E-state index contributed by atoms with van der Waals surface area (Å²) in [4.78, 5) is 10.4. The predicted octanol–water partition coefficient (Wildman–Crippen LogP) is 3.47. The fourth-order valence-electron chi connectivity index (χ4n) is 1.20. The highest BCUT2D eigenvalue weighted by molar-refractivity contribution is 8.77. The van der Waals surface area contributed by atoms with Crippen LogP contribution in [0.5, 0.6) is 0 Å². The third-order valence-electron chi connectivity index (χ3n) is 1.88. The van der Waals surface area contributed by atoms with Crippen molar-refractivity contribution in [1.29, 1.82) is 0 Å². The van der Waals surface area contributed by atoms with Gasteiger partial charge in [0.2, 0.25) is 5.24 Å². The van der Waals surface area contributed by atoms with Crippen molar-refractivity contribution in [3.63, 3.8) is 0 Å². The van der Waals surface area contributed by atoms with Crippen molar-refractivity contribution in [3.05, 3.63) is 0 Å². The van der Waals surface area contributed by atoms with Crippen LogP contribution in [0.1, 0.15) is 32.1 Å². The molecule has 0 aromatic heterocycles. The molecule has 0 aromatic rings. The topological polar surface area (TPSA) is 17.1 Å². The van der Waals surface area contributed by atoms with Crippen molar-refractivity contribution >= 4 is 38.4 Å². The number of unbranched alkanes of at least 4 members (excludes halogenated alkanes) is 1. The Morgan fingerprint density at radius 2 is 2.33 bits per heavy atom. The molecule has 1 aliphatic rings. The molecule has 0 bridgehead atoms. The molecule has 0 saturated carbocycles. The Hall–Kier alpha value is 0.660. The molecule has 70 valence electrons. The molecule has 4 heteroatoms. The van der Waals surface area contributed by atoms with Gasteiger partial charge in [0.15, 0.2) is 0 Å². The Kier molecular flexibility index (Phi) is 5.52. The number of halogens is 1. The zero-order valence-electron chi connectivity index (χ0n) is 6.92. The van der Waals surface area contributed by atoms with E-state index in [1.54, 1.807) is 0 Å². The summed E-state index contributed by atoms with van der Waals surface area (Å²) in [7, 11) is 3.97. The van der Waals surface area contributed by atoms with E-state index < -0.39 is 0 Å². The standard InChI is InChI=1S/C8H13ClOS2/c9-8(10)4-2-1-3-7-5-6-11-12-7/h7H,1-6H2. The fourth-order valence-corrected chi connectivity index (χ4v) is 4.36. The molecule has 0 aliphatic carbocycles. The maximum Gasteiger partial charge on any atom is 0.221 e. The molecular formula is C8H13ClOS2. The first-order valence-electron chi connectivity index (χ1n) is 4.25. The van der Waals surface area contributed by atoms with Crippen LogP contribution in [0.4, 0.5) is 0 Å². The Balaban J connectivity index is 1.91. The van der Waals surface area contributed by atoms with E-state index in [2.05, 4.69) is 0 Å². The molecule has 1 unspecified atom stereocenters. The van der Waals surface area contributed by atoms with E-state index in [4.69, 9.17) is 11.6 Å². The van der Waals surface area contributed by atoms with E-state index in [1.165, 1.54) is 18.6 Å². The van der Waals surface area contributed by atoms with Gasteiger partial charge in [-0.2, -0.15) is 0 Å². The highest BCUT2D eigenvalue weighted by atomic mass is 35.5. The molecule has 0 N–H and O–H groups in total. The van der Waals surface area contributed by atoms with E-state index in [0.717, 1.165) is 18.1 Å². The molecule has 1 fully saturated rings. The largest absolute Gasteiger partial charge is 0.281 e. The summed E-state index contributed by atoms with van der Waals surface area (Å²) in [5, 5.41) is 0.642. The van der Waals surface area contributed by atoms with E-state index in [9.17, 15) is 4.79 Å². The zero-order chi connectivity index (χ0) is 8.81. The van der Waals surface area contributed by atoms with Gasteiger partial charge >= 0.3 is 0 Å². The summed E-state index contributed by atoms with van der Waals surface area (Å²) in [6, 6.07) is 0. The van der Waals surface area contributed by atoms with Gasteiger partial charge in [-0.25, -0.2) is 0 Å². The van der Waals surface area contributed by atoms with Gasteiger partial charge in [0.25, 0.3) is 0 Å². The summed E-state index contributed by atoms with van der Waals surface area (Å²) in [5.74, 6) is 1.30. The van der Waals surface area contributed by atoms with Crippen LogP contribution in [0.3, 0.4) is 0 Å². The molecule has 0 amide bonds. The molecule has 1 nitrogen and oxygen atoms in total. The maximum absolute atomic E-state index is 10.4. The first kappa shape index (κ1) is 10.7. The molecule has 1 rings (SSSR count). The lowest BCUT2D eigenvalue weighted by Gasteiger charge is -2.04. The van der Waals surface area contributed by atoms with Gasteiger partial charge in [0.1, 0.15) is 0 Å². The van der Waals surface area contributed by atoms with Crippen LogP contribution < -0.4 is 0 Å². The van der Waals surface area contributed by atoms with Gasteiger partial charge in [0.05, 0.1) is 0 Å². The van der Waals surface area contributed by atoms with Crippen LogP contribution in [0.15, 0.2) is 0 Å². The van der Waals surface area contributed by atoms with Gasteiger partial charge in [-0.05, 0) is 30.9 Å². The molecule has 1 saturated heterocycles. The van der Waals surface area contributed by atoms with Gasteiger partial charge < -0.3 is 0 Å². The van der Waals surface area contributed by atoms with Gasteiger partial charge in [-0.15, -0.1) is 0 Å². The quantitative estimate of drug-likeness (QED) is 0.405. The zero-order valence-corrected chi connectivity index (χ0v) is 9.31. The van der Waals surface area contributed by atoms with Crippen molar-refractivity contribution in [2.24, 2.45) is 0 Å². The second-order valence-electron chi connectivity index (χ2n) is 2.93. The third-order valence-corrected chi connectivity index (χ3v) is 5.07. The Labute approximate surface area is 86.4 Å². The normalized spacial score (nSPS) is 22.9. The summed E-state index contributed by atoms with van der Waals surface area (Å²) in [5.41, 5.74) is 0. The van der Waals surface area contributed by atoms with Crippen molar-refractivity contribution in [2.45, 2.75) is 37.4 Å².